The minimum absolute atomic E-state index is 0.0590. The van der Waals surface area contributed by atoms with E-state index in [2.05, 4.69) is 22.1 Å². The maximum Gasteiger partial charge on any atom is 0.244 e. The summed E-state index contributed by atoms with van der Waals surface area (Å²) in [5.41, 5.74) is 0. The van der Waals surface area contributed by atoms with Gasteiger partial charge in [-0.3, -0.25) is 9.59 Å². The predicted molar refractivity (Wildman–Crippen MR) is 84.3 cm³/mol. The quantitative estimate of drug-likeness (QED) is 0.824. The van der Waals surface area contributed by atoms with Crippen molar-refractivity contribution in [2.45, 2.75) is 32.2 Å². The van der Waals surface area contributed by atoms with Gasteiger partial charge in [-0.1, -0.05) is 6.07 Å². The molecule has 6 heteroatoms. The average Bonchev–Trinajstić information content (AvgIpc) is 3.00. The van der Waals surface area contributed by atoms with Gasteiger partial charge >= 0.3 is 0 Å². The zero-order valence-corrected chi connectivity index (χ0v) is 13.2. The van der Waals surface area contributed by atoms with Crippen LogP contribution in [0.25, 0.3) is 0 Å². The molecular weight excluding hydrogens is 286 g/mol. The number of rotatable bonds is 6. The lowest BCUT2D eigenvalue weighted by atomic mass is 10.1. The number of nitrogens with zero attached hydrogens (tertiary/aromatic N) is 1. The number of amides is 2. The molecule has 1 aliphatic rings. The summed E-state index contributed by atoms with van der Waals surface area (Å²) < 4.78 is 0. The highest BCUT2D eigenvalue weighted by Crippen LogP contribution is 2.14. The van der Waals surface area contributed by atoms with E-state index in [1.54, 1.807) is 16.2 Å². The van der Waals surface area contributed by atoms with Crippen LogP contribution in [0.1, 0.15) is 24.6 Å². The molecule has 1 aliphatic heterocycles. The monoisotopic (exact) mass is 309 g/mol. The number of thiophene rings is 1. The zero-order chi connectivity index (χ0) is 15.1. The van der Waals surface area contributed by atoms with E-state index in [0.717, 1.165) is 19.4 Å². The van der Waals surface area contributed by atoms with Crippen LogP contribution in [0.3, 0.4) is 0 Å². The van der Waals surface area contributed by atoms with Crippen molar-refractivity contribution in [3.63, 3.8) is 0 Å². The molecule has 5 nitrogen and oxygen atoms in total. The van der Waals surface area contributed by atoms with Crippen LogP contribution in [0.4, 0.5) is 0 Å². The molecule has 1 aromatic rings. The third-order valence-electron chi connectivity index (χ3n) is 3.61. The van der Waals surface area contributed by atoms with Crippen LogP contribution < -0.4 is 10.6 Å². The number of carbonyl (C=O) groups is 2. The van der Waals surface area contributed by atoms with E-state index in [1.165, 1.54) is 4.88 Å². The minimum Gasteiger partial charge on any atom is -0.355 e. The lowest BCUT2D eigenvalue weighted by molar-refractivity contribution is -0.141. The Morgan fingerprint density at radius 1 is 1.52 bits per heavy atom. The fourth-order valence-electron chi connectivity index (χ4n) is 2.54. The molecule has 1 aromatic heterocycles. The van der Waals surface area contributed by atoms with E-state index in [0.29, 0.717) is 26.1 Å². The van der Waals surface area contributed by atoms with Gasteiger partial charge in [-0.15, -0.1) is 11.3 Å². The van der Waals surface area contributed by atoms with Gasteiger partial charge < -0.3 is 15.5 Å². The summed E-state index contributed by atoms with van der Waals surface area (Å²) in [6.45, 7) is 4.39. The maximum atomic E-state index is 12.4. The Bertz CT molecular complexity index is 461. The number of likely N-dealkylation sites (N-methyl/N-ethyl adjacent to an activating group) is 1. The molecule has 2 N–H and O–H groups in total. The molecule has 2 amide bonds. The Kier molecular flexibility index (Phi) is 6.20. The van der Waals surface area contributed by atoms with Gasteiger partial charge in [0, 0.05) is 37.5 Å². The van der Waals surface area contributed by atoms with E-state index >= 15 is 0 Å². The van der Waals surface area contributed by atoms with Crippen molar-refractivity contribution in [3.8, 4) is 0 Å². The molecule has 21 heavy (non-hydrogen) atoms. The molecule has 2 rings (SSSR count). The van der Waals surface area contributed by atoms with E-state index in [9.17, 15) is 9.59 Å². The highest BCUT2D eigenvalue weighted by Gasteiger charge is 2.31. The Labute approximate surface area is 129 Å². The number of hydrogen-bond acceptors (Lipinski definition) is 4. The second-order valence-corrected chi connectivity index (χ2v) is 6.17. The number of aryl methyl sites for hydroxylation is 1. The molecule has 116 valence electrons. The summed E-state index contributed by atoms with van der Waals surface area (Å²) in [5, 5.41) is 8.05. The van der Waals surface area contributed by atoms with Crippen LogP contribution in [-0.4, -0.2) is 48.9 Å². The highest BCUT2D eigenvalue weighted by atomic mass is 32.1. The standard InChI is InChI=1S/C15H23N3O2S/c1-2-17-15(20)13-11-16-8-9-18(13)14(19)7-3-5-12-6-4-10-21-12/h4,6,10,13,16H,2-3,5,7-9,11H2,1H3,(H,17,20). The van der Waals surface area contributed by atoms with Gasteiger partial charge in [-0.2, -0.15) is 0 Å². The van der Waals surface area contributed by atoms with Gasteiger partial charge in [0.25, 0.3) is 0 Å². The Morgan fingerprint density at radius 3 is 3.10 bits per heavy atom. The molecule has 1 fully saturated rings. The Hall–Kier alpha value is -1.40. The maximum absolute atomic E-state index is 12.4. The van der Waals surface area contributed by atoms with Gasteiger partial charge in [0.15, 0.2) is 0 Å². The van der Waals surface area contributed by atoms with Crippen LogP contribution in [-0.2, 0) is 16.0 Å². The lowest BCUT2D eigenvalue weighted by Gasteiger charge is -2.35. The van der Waals surface area contributed by atoms with E-state index in [4.69, 9.17) is 0 Å². The normalized spacial score (nSPS) is 18.5. The summed E-state index contributed by atoms with van der Waals surface area (Å²) in [5.74, 6) is 0.0283. The largest absolute Gasteiger partial charge is 0.355 e. The third-order valence-corrected chi connectivity index (χ3v) is 4.55. The van der Waals surface area contributed by atoms with Crippen molar-refractivity contribution in [3.05, 3.63) is 22.4 Å². The van der Waals surface area contributed by atoms with Crippen LogP contribution >= 0.6 is 11.3 Å². The summed E-state index contributed by atoms with van der Waals surface area (Å²) in [6.07, 6.45) is 2.28. The molecule has 0 bridgehead atoms. The number of nitrogens with one attached hydrogen (secondary N) is 2. The van der Waals surface area contributed by atoms with Gasteiger partial charge in [0.1, 0.15) is 6.04 Å². The Balaban J connectivity index is 1.84. The SMILES string of the molecule is CCNC(=O)C1CNCCN1C(=O)CCCc1cccs1. The smallest absolute Gasteiger partial charge is 0.244 e. The summed E-state index contributed by atoms with van der Waals surface area (Å²) in [4.78, 5) is 27.4. The van der Waals surface area contributed by atoms with Crippen LogP contribution in [0.15, 0.2) is 17.5 Å². The topological polar surface area (TPSA) is 61.4 Å². The fourth-order valence-corrected chi connectivity index (χ4v) is 3.29. The first-order valence-corrected chi connectivity index (χ1v) is 8.40. The molecule has 1 unspecified atom stereocenters. The van der Waals surface area contributed by atoms with Gasteiger partial charge in [0.2, 0.25) is 11.8 Å². The van der Waals surface area contributed by atoms with Crippen molar-refractivity contribution >= 4 is 23.2 Å². The third kappa shape index (κ3) is 4.54. The van der Waals surface area contributed by atoms with E-state index < -0.39 is 0 Å². The summed E-state index contributed by atoms with van der Waals surface area (Å²) >= 11 is 1.72. The number of piperazine rings is 1. The average molecular weight is 309 g/mol. The van der Waals surface area contributed by atoms with Crippen LogP contribution in [0.2, 0.25) is 0 Å². The second kappa shape index (κ2) is 8.14. The molecule has 0 aliphatic carbocycles. The molecule has 0 spiro atoms. The van der Waals surface area contributed by atoms with Gasteiger partial charge in [0.05, 0.1) is 0 Å². The molecule has 0 radical (unpaired) electrons. The summed E-state index contributed by atoms with van der Waals surface area (Å²) in [7, 11) is 0. The molecular formula is C15H23N3O2S. The second-order valence-electron chi connectivity index (χ2n) is 5.13. The van der Waals surface area contributed by atoms with Crippen molar-refractivity contribution in [2.24, 2.45) is 0 Å². The van der Waals surface area contributed by atoms with Crippen LogP contribution in [0, 0.1) is 0 Å². The molecule has 1 atom stereocenters. The first-order chi connectivity index (χ1) is 10.2. The molecule has 2 heterocycles. The molecule has 0 saturated carbocycles. The minimum atomic E-state index is -0.368. The number of hydrogen-bond donors (Lipinski definition) is 2. The van der Waals surface area contributed by atoms with Gasteiger partial charge in [-0.05, 0) is 31.2 Å². The Morgan fingerprint density at radius 2 is 2.38 bits per heavy atom. The van der Waals surface area contributed by atoms with Crippen LogP contribution in [0.5, 0.6) is 0 Å². The highest BCUT2D eigenvalue weighted by molar-refractivity contribution is 7.09. The lowest BCUT2D eigenvalue weighted by Crippen LogP contribution is -2.59. The van der Waals surface area contributed by atoms with Crippen molar-refractivity contribution in [1.29, 1.82) is 0 Å². The van der Waals surface area contributed by atoms with E-state index in [-0.39, 0.29) is 17.9 Å². The fraction of sp³-hybridized carbons (Fsp3) is 0.600. The van der Waals surface area contributed by atoms with Crippen molar-refractivity contribution in [2.75, 3.05) is 26.2 Å². The molecule has 0 aromatic carbocycles. The molecule has 1 saturated heterocycles. The number of carbonyl (C=O) groups excluding carboxylic acids is 2. The predicted octanol–water partition coefficient (Wildman–Crippen LogP) is 1.01. The first-order valence-electron chi connectivity index (χ1n) is 7.52. The van der Waals surface area contributed by atoms with Crippen molar-refractivity contribution in [1.82, 2.24) is 15.5 Å². The van der Waals surface area contributed by atoms with Crippen molar-refractivity contribution < 1.29 is 9.59 Å². The zero-order valence-electron chi connectivity index (χ0n) is 12.4. The summed E-state index contributed by atoms with van der Waals surface area (Å²) in [6, 6.07) is 3.76. The first kappa shape index (κ1) is 16.0. The van der Waals surface area contributed by atoms with E-state index in [1.807, 2.05) is 13.0 Å². The van der Waals surface area contributed by atoms with Gasteiger partial charge in [-0.25, -0.2) is 0 Å².